The molecule has 3 aromatic rings. The molecule has 0 saturated heterocycles. The minimum atomic E-state index is -3.71. The number of sulfonamides is 1. The highest BCUT2D eigenvalue weighted by Gasteiger charge is 2.28. The maximum atomic E-state index is 13.2. The van der Waals surface area contributed by atoms with E-state index in [2.05, 4.69) is 10.1 Å². The van der Waals surface area contributed by atoms with Crippen LogP contribution in [0.25, 0.3) is 5.69 Å². The van der Waals surface area contributed by atoms with E-state index in [1.807, 2.05) is 31.2 Å². The molecule has 0 radical (unpaired) electrons. The Morgan fingerprint density at radius 3 is 2.48 bits per heavy atom. The van der Waals surface area contributed by atoms with Crippen molar-refractivity contribution in [2.45, 2.75) is 24.3 Å². The first-order valence-corrected chi connectivity index (χ1v) is 10.7. The van der Waals surface area contributed by atoms with Gasteiger partial charge in [0.1, 0.15) is 12.7 Å². The van der Waals surface area contributed by atoms with Gasteiger partial charge in [-0.25, -0.2) is 18.1 Å². The summed E-state index contributed by atoms with van der Waals surface area (Å²) < 4.78 is 40.6. The monoisotopic (exact) mass is 414 g/mol. The van der Waals surface area contributed by atoms with Gasteiger partial charge in [0.05, 0.1) is 23.8 Å². The van der Waals surface area contributed by atoms with Gasteiger partial charge < -0.3 is 9.47 Å². The average molecular weight is 414 g/mol. The third kappa shape index (κ3) is 3.83. The molecule has 0 aliphatic carbocycles. The first kappa shape index (κ1) is 19.4. The summed E-state index contributed by atoms with van der Waals surface area (Å²) in [4.78, 5) is 4.11. The van der Waals surface area contributed by atoms with Gasteiger partial charge in [0.25, 0.3) is 0 Å². The molecule has 0 spiro atoms. The van der Waals surface area contributed by atoms with E-state index in [1.54, 1.807) is 30.2 Å². The lowest BCUT2D eigenvalue weighted by atomic mass is 10.1. The molecule has 0 bridgehead atoms. The van der Waals surface area contributed by atoms with Crippen LogP contribution in [0.1, 0.15) is 24.9 Å². The van der Waals surface area contributed by atoms with Crippen molar-refractivity contribution in [3.63, 3.8) is 0 Å². The van der Waals surface area contributed by atoms with E-state index >= 15 is 0 Å². The smallest absolute Gasteiger partial charge is 0.243 e. The molecule has 1 aliphatic rings. The lowest BCUT2D eigenvalue weighted by Gasteiger charge is -2.25. The van der Waals surface area contributed by atoms with E-state index in [0.29, 0.717) is 24.7 Å². The van der Waals surface area contributed by atoms with E-state index in [1.165, 1.54) is 16.7 Å². The maximum absolute atomic E-state index is 13.2. The van der Waals surface area contributed by atoms with Crippen molar-refractivity contribution >= 4 is 10.0 Å². The largest absolute Gasteiger partial charge is 0.490 e. The van der Waals surface area contributed by atoms with Crippen LogP contribution in [0, 0.1) is 0 Å². The van der Waals surface area contributed by atoms with Crippen LogP contribution in [0.15, 0.2) is 60.0 Å². The molecule has 0 fully saturated rings. The standard InChI is InChI=1S/C20H22N4O4S/c1-15(16-4-6-17(7-5-16)24-14-21-13-22-24)23(2)29(25,26)18-8-9-19-20(12-18)28-11-3-10-27-19/h4-9,12-15H,3,10-11H2,1-2H3. The van der Waals surface area contributed by atoms with Crippen molar-refractivity contribution in [1.29, 1.82) is 0 Å². The van der Waals surface area contributed by atoms with Crippen molar-refractivity contribution in [2.24, 2.45) is 0 Å². The van der Waals surface area contributed by atoms with Crippen molar-refractivity contribution in [1.82, 2.24) is 19.1 Å². The Kier molecular flexibility index (Phi) is 5.25. The molecule has 29 heavy (non-hydrogen) atoms. The van der Waals surface area contributed by atoms with Gasteiger partial charge >= 0.3 is 0 Å². The first-order valence-electron chi connectivity index (χ1n) is 9.29. The fraction of sp³-hybridized carbons (Fsp3) is 0.300. The Balaban J connectivity index is 1.57. The maximum Gasteiger partial charge on any atom is 0.243 e. The van der Waals surface area contributed by atoms with Gasteiger partial charge in [-0.3, -0.25) is 0 Å². The Labute approximate surface area is 169 Å². The highest BCUT2D eigenvalue weighted by Crippen LogP contribution is 2.34. The van der Waals surface area contributed by atoms with Crippen LogP contribution in [0.2, 0.25) is 0 Å². The summed E-state index contributed by atoms with van der Waals surface area (Å²) in [5.74, 6) is 1.03. The van der Waals surface area contributed by atoms with Crippen LogP contribution in [0.4, 0.5) is 0 Å². The number of nitrogens with zero attached hydrogens (tertiary/aromatic N) is 4. The summed E-state index contributed by atoms with van der Waals surface area (Å²) in [7, 11) is -2.14. The Morgan fingerprint density at radius 2 is 1.79 bits per heavy atom. The second-order valence-corrected chi connectivity index (χ2v) is 8.79. The average Bonchev–Trinajstić information content (AvgIpc) is 3.18. The molecule has 1 atom stereocenters. The van der Waals surface area contributed by atoms with Crippen molar-refractivity contribution in [3.05, 3.63) is 60.7 Å². The Hall–Kier alpha value is -2.91. The molecule has 1 unspecified atom stereocenters. The normalized spacial score (nSPS) is 15.1. The van der Waals surface area contributed by atoms with Crippen LogP contribution >= 0.6 is 0 Å². The van der Waals surface area contributed by atoms with Gasteiger partial charge in [-0.05, 0) is 36.8 Å². The third-order valence-corrected chi connectivity index (χ3v) is 6.92. The zero-order valence-corrected chi connectivity index (χ0v) is 17.0. The molecule has 1 aromatic heterocycles. The van der Waals surface area contributed by atoms with E-state index in [-0.39, 0.29) is 10.9 Å². The molecule has 9 heteroatoms. The highest BCUT2D eigenvalue weighted by molar-refractivity contribution is 7.89. The Morgan fingerprint density at radius 1 is 1.07 bits per heavy atom. The lowest BCUT2D eigenvalue weighted by Crippen LogP contribution is -2.29. The molecular formula is C20H22N4O4S. The second-order valence-electron chi connectivity index (χ2n) is 6.79. The number of fused-ring (bicyclic) bond motifs is 1. The van der Waals surface area contributed by atoms with Crippen molar-refractivity contribution in [2.75, 3.05) is 20.3 Å². The van der Waals surface area contributed by atoms with Crippen LogP contribution in [0.5, 0.6) is 11.5 Å². The summed E-state index contributed by atoms with van der Waals surface area (Å²) in [5, 5.41) is 4.09. The fourth-order valence-corrected chi connectivity index (χ4v) is 4.50. The molecule has 0 N–H and O–H groups in total. The molecule has 2 heterocycles. The van der Waals surface area contributed by atoms with Crippen LogP contribution in [-0.4, -0.2) is 47.7 Å². The molecule has 8 nitrogen and oxygen atoms in total. The number of ether oxygens (including phenoxy) is 2. The molecular weight excluding hydrogens is 392 g/mol. The summed E-state index contributed by atoms with van der Waals surface area (Å²) in [5.41, 5.74) is 1.72. The number of benzene rings is 2. The molecule has 0 amide bonds. The van der Waals surface area contributed by atoms with Gasteiger partial charge in [-0.15, -0.1) is 0 Å². The quantitative estimate of drug-likeness (QED) is 0.638. The van der Waals surface area contributed by atoms with Gasteiger partial charge in [-0.1, -0.05) is 12.1 Å². The molecule has 1 aliphatic heterocycles. The van der Waals surface area contributed by atoms with Gasteiger partial charge in [-0.2, -0.15) is 9.40 Å². The number of hydrogen-bond acceptors (Lipinski definition) is 6. The summed E-state index contributed by atoms with van der Waals surface area (Å²) in [6.45, 7) is 2.91. The van der Waals surface area contributed by atoms with Gasteiger partial charge in [0, 0.05) is 25.6 Å². The van der Waals surface area contributed by atoms with Crippen LogP contribution in [0.3, 0.4) is 0 Å². The highest BCUT2D eigenvalue weighted by atomic mass is 32.2. The first-order chi connectivity index (χ1) is 14.0. The fourth-order valence-electron chi connectivity index (χ4n) is 3.14. The van der Waals surface area contributed by atoms with Crippen LogP contribution in [-0.2, 0) is 10.0 Å². The lowest BCUT2D eigenvalue weighted by molar-refractivity contribution is 0.296. The predicted octanol–water partition coefficient (Wildman–Crippen LogP) is 2.81. The van der Waals surface area contributed by atoms with E-state index in [4.69, 9.17) is 9.47 Å². The van der Waals surface area contributed by atoms with E-state index in [9.17, 15) is 8.42 Å². The predicted molar refractivity (Wildman–Crippen MR) is 107 cm³/mol. The number of rotatable bonds is 5. The third-order valence-electron chi connectivity index (χ3n) is 5.00. The topological polar surface area (TPSA) is 86.6 Å². The molecule has 4 rings (SSSR count). The van der Waals surface area contributed by atoms with E-state index in [0.717, 1.165) is 17.7 Å². The molecule has 2 aromatic carbocycles. The second kappa shape index (κ2) is 7.84. The minimum absolute atomic E-state index is 0.176. The SMILES string of the molecule is CC(c1ccc(-n2cncn2)cc1)N(C)S(=O)(=O)c1ccc2c(c1)OCCCO2. The minimum Gasteiger partial charge on any atom is -0.490 e. The van der Waals surface area contributed by atoms with Crippen molar-refractivity contribution < 1.29 is 17.9 Å². The zero-order chi connectivity index (χ0) is 20.4. The zero-order valence-electron chi connectivity index (χ0n) is 16.2. The van der Waals surface area contributed by atoms with Gasteiger partial charge in [0.15, 0.2) is 11.5 Å². The van der Waals surface area contributed by atoms with Gasteiger partial charge in [0.2, 0.25) is 10.0 Å². The van der Waals surface area contributed by atoms with Crippen molar-refractivity contribution in [3.8, 4) is 17.2 Å². The summed E-state index contributed by atoms with van der Waals surface area (Å²) in [6, 6.07) is 11.9. The summed E-state index contributed by atoms with van der Waals surface area (Å²) >= 11 is 0. The summed E-state index contributed by atoms with van der Waals surface area (Å²) in [6.07, 6.45) is 3.84. The van der Waals surface area contributed by atoms with E-state index < -0.39 is 10.0 Å². The molecule has 0 saturated carbocycles. The molecule has 152 valence electrons. The number of hydrogen-bond donors (Lipinski definition) is 0. The Bertz CT molecular complexity index is 1080. The van der Waals surface area contributed by atoms with Crippen LogP contribution < -0.4 is 9.47 Å². The number of aromatic nitrogens is 3.